The number of rotatable bonds is 4. The van der Waals surface area contributed by atoms with Crippen LogP contribution >= 0.6 is 0 Å². The minimum atomic E-state index is -0.943. The van der Waals surface area contributed by atoms with Crippen LogP contribution in [0.2, 0.25) is 0 Å². The lowest BCUT2D eigenvalue weighted by Crippen LogP contribution is -2.30. The highest BCUT2D eigenvalue weighted by Crippen LogP contribution is 2.10. The van der Waals surface area contributed by atoms with Crippen LogP contribution in [0.4, 0.5) is 0 Å². The molecule has 0 bridgehead atoms. The minimum Gasteiger partial charge on any atom is -0.481 e. The molecule has 0 fully saturated rings. The molecule has 8 nitrogen and oxygen atoms in total. The van der Waals surface area contributed by atoms with Crippen LogP contribution in [0, 0.1) is 6.92 Å². The summed E-state index contributed by atoms with van der Waals surface area (Å²) in [5.41, 5.74) is 1.00. The molecule has 8 heteroatoms. The number of carboxylic acid groups (broad SMARTS) is 1. The summed E-state index contributed by atoms with van der Waals surface area (Å²) in [5.74, 6) is -0.813. The Morgan fingerprint density at radius 1 is 1.42 bits per heavy atom. The molecule has 0 saturated heterocycles. The van der Waals surface area contributed by atoms with Crippen LogP contribution in [-0.2, 0) is 4.79 Å². The summed E-state index contributed by atoms with van der Waals surface area (Å²) in [4.78, 5) is 32.0. The zero-order valence-corrected chi connectivity index (χ0v) is 10.6. The first-order valence-corrected chi connectivity index (χ1v) is 5.63. The lowest BCUT2D eigenvalue weighted by atomic mass is 10.2. The fourth-order valence-electron chi connectivity index (χ4n) is 1.67. The number of hydrogen-bond acceptors (Lipinski definition) is 5. The molecule has 2 rings (SSSR count). The molecule has 19 heavy (non-hydrogen) atoms. The summed E-state index contributed by atoms with van der Waals surface area (Å²) in [5, 5.41) is 12.6. The largest absolute Gasteiger partial charge is 0.481 e. The van der Waals surface area contributed by atoms with Crippen LogP contribution in [0.15, 0.2) is 12.5 Å². The molecule has 100 valence electrons. The number of amides is 1. The van der Waals surface area contributed by atoms with Crippen LogP contribution < -0.4 is 0 Å². The van der Waals surface area contributed by atoms with Gasteiger partial charge in [0, 0.05) is 19.8 Å². The van der Waals surface area contributed by atoms with Crippen molar-refractivity contribution >= 4 is 17.7 Å². The van der Waals surface area contributed by atoms with Crippen LogP contribution in [0.5, 0.6) is 0 Å². The second-order valence-electron chi connectivity index (χ2n) is 4.10. The number of carbonyl (C=O) groups excluding carboxylic acids is 1. The Labute approximate surface area is 108 Å². The molecule has 0 radical (unpaired) electrons. The van der Waals surface area contributed by atoms with Gasteiger partial charge in [0.2, 0.25) is 0 Å². The van der Waals surface area contributed by atoms with Crippen molar-refractivity contribution in [2.45, 2.75) is 13.3 Å². The SMILES string of the molecule is Cc1c(C(=O)N(C)CCC(=O)O)cnc2ncnn12. The third kappa shape index (κ3) is 2.51. The number of fused-ring (bicyclic) bond motifs is 1. The lowest BCUT2D eigenvalue weighted by molar-refractivity contribution is -0.137. The first kappa shape index (κ1) is 12.9. The van der Waals surface area contributed by atoms with Crippen LogP contribution in [-0.4, -0.2) is 55.1 Å². The zero-order valence-electron chi connectivity index (χ0n) is 10.6. The van der Waals surface area contributed by atoms with E-state index in [4.69, 9.17) is 5.11 Å². The summed E-state index contributed by atoms with van der Waals surface area (Å²) in [6.07, 6.45) is 2.69. The van der Waals surface area contributed by atoms with Gasteiger partial charge in [0.1, 0.15) is 6.33 Å². The topological polar surface area (TPSA) is 101 Å². The number of hydrogen-bond donors (Lipinski definition) is 1. The molecule has 2 aromatic heterocycles. The Morgan fingerprint density at radius 3 is 2.84 bits per heavy atom. The number of aliphatic carboxylic acids is 1. The molecule has 1 N–H and O–H groups in total. The molecule has 2 aromatic rings. The average Bonchev–Trinajstić information content (AvgIpc) is 2.84. The van der Waals surface area contributed by atoms with Crippen molar-refractivity contribution in [3.05, 3.63) is 23.8 Å². The van der Waals surface area contributed by atoms with Gasteiger partial charge in [-0.25, -0.2) is 9.50 Å². The average molecular weight is 263 g/mol. The molecule has 0 saturated carbocycles. The predicted molar refractivity (Wildman–Crippen MR) is 64.7 cm³/mol. The van der Waals surface area contributed by atoms with Gasteiger partial charge >= 0.3 is 5.97 Å². The maximum absolute atomic E-state index is 12.2. The van der Waals surface area contributed by atoms with E-state index >= 15 is 0 Å². The summed E-state index contributed by atoms with van der Waals surface area (Å²) < 4.78 is 1.47. The summed E-state index contributed by atoms with van der Waals surface area (Å²) in [6.45, 7) is 1.88. The highest BCUT2D eigenvalue weighted by Gasteiger charge is 2.17. The smallest absolute Gasteiger partial charge is 0.305 e. The fraction of sp³-hybridized carbons (Fsp3) is 0.364. The molecule has 0 spiro atoms. The molecular weight excluding hydrogens is 250 g/mol. The number of carboxylic acids is 1. The summed E-state index contributed by atoms with van der Waals surface area (Å²) >= 11 is 0. The monoisotopic (exact) mass is 263 g/mol. The zero-order chi connectivity index (χ0) is 14.0. The molecule has 0 aromatic carbocycles. The Bertz CT molecular complexity index is 636. The lowest BCUT2D eigenvalue weighted by Gasteiger charge is -2.17. The van der Waals surface area contributed by atoms with Crippen molar-refractivity contribution in [1.29, 1.82) is 0 Å². The molecule has 0 aliphatic heterocycles. The Morgan fingerprint density at radius 2 is 2.16 bits per heavy atom. The minimum absolute atomic E-state index is 0.0969. The first-order valence-electron chi connectivity index (χ1n) is 5.63. The first-order chi connectivity index (χ1) is 9.00. The fourth-order valence-corrected chi connectivity index (χ4v) is 1.67. The molecule has 0 aliphatic carbocycles. The van der Waals surface area contributed by atoms with Gasteiger partial charge in [0.15, 0.2) is 0 Å². The maximum Gasteiger partial charge on any atom is 0.305 e. The van der Waals surface area contributed by atoms with E-state index in [1.54, 1.807) is 14.0 Å². The third-order valence-electron chi connectivity index (χ3n) is 2.78. The number of nitrogens with zero attached hydrogens (tertiary/aromatic N) is 5. The van der Waals surface area contributed by atoms with Crippen molar-refractivity contribution in [1.82, 2.24) is 24.5 Å². The van der Waals surface area contributed by atoms with Crippen LogP contribution in [0.25, 0.3) is 5.78 Å². The molecule has 2 heterocycles. The van der Waals surface area contributed by atoms with E-state index in [9.17, 15) is 9.59 Å². The van der Waals surface area contributed by atoms with Crippen molar-refractivity contribution in [3.63, 3.8) is 0 Å². The Balaban J connectivity index is 2.25. The predicted octanol–water partition coefficient (Wildman–Crippen LogP) is -0.0206. The molecule has 0 unspecified atom stereocenters. The Kier molecular flexibility index (Phi) is 3.41. The van der Waals surface area contributed by atoms with Crippen molar-refractivity contribution in [3.8, 4) is 0 Å². The van der Waals surface area contributed by atoms with E-state index in [2.05, 4.69) is 15.1 Å². The van der Waals surface area contributed by atoms with E-state index in [0.29, 0.717) is 17.0 Å². The van der Waals surface area contributed by atoms with Crippen molar-refractivity contribution in [2.75, 3.05) is 13.6 Å². The van der Waals surface area contributed by atoms with Crippen molar-refractivity contribution in [2.24, 2.45) is 0 Å². The second kappa shape index (κ2) is 5.01. The van der Waals surface area contributed by atoms with Crippen molar-refractivity contribution < 1.29 is 14.7 Å². The van der Waals surface area contributed by atoms with Gasteiger partial charge in [-0.3, -0.25) is 9.59 Å². The second-order valence-corrected chi connectivity index (χ2v) is 4.10. The maximum atomic E-state index is 12.2. The Hall–Kier alpha value is -2.51. The van der Waals surface area contributed by atoms with Crippen LogP contribution in [0.1, 0.15) is 22.5 Å². The number of aromatic nitrogens is 4. The van der Waals surface area contributed by atoms with E-state index in [-0.39, 0.29) is 18.9 Å². The van der Waals surface area contributed by atoms with E-state index in [1.807, 2.05) is 0 Å². The van der Waals surface area contributed by atoms with E-state index in [1.165, 1.54) is 21.9 Å². The quantitative estimate of drug-likeness (QED) is 0.831. The van der Waals surface area contributed by atoms with Gasteiger partial charge in [-0.15, -0.1) is 0 Å². The molecule has 0 aliphatic rings. The number of carbonyl (C=O) groups is 2. The van der Waals surface area contributed by atoms with E-state index < -0.39 is 5.97 Å². The molecule has 0 atom stereocenters. The molecular formula is C11H13N5O3. The highest BCUT2D eigenvalue weighted by atomic mass is 16.4. The summed E-state index contributed by atoms with van der Waals surface area (Å²) in [7, 11) is 1.55. The van der Waals surface area contributed by atoms with Gasteiger partial charge in [-0.2, -0.15) is 10.1 Å². The molecule has 1 amide bonds. The van der Waals surface area contributed by atoms with Gasteiger partial charge in [0.05, 0.1) is 17.7 Å². The number of aryl methyl sites for hydroxylation is 1. The normalized spacial score (nSPS) is 10.6. The third-order valence-corrected chi connectivity index (χ3v) is 2.78. The summed E-state index contributed by atoms with van der Waals surface area (Å²) in [6, 6.07) is 0. The van der Waals surface area contributed by atoms with Gasteiger partial charge < -0.3 is 10.0 Å². The van der Waals surface area contributed by atoms with E-state index in [0.717, 1.165) is 0 Å². The van der Waals surface area contributed by atoms with Gasteiger partial charge in [-0.1, -0.05) is 0 Å². The van der Waals surface area contributed by atoms with Gasteiger partial charge in [-0.05, 0) is 6.92 Å². The van der Waals surface area contributed by atoms with Gasteiger partial charge in [0.25, 0.3) is 11.7 Å². The standard InChI is InChI=1S/C11H13N5O3/c1-7-8(5-12-11-13-6-14-16(7)11)10(19)15(2)4-3-9(17)18/h5-6H,3-4H2,1-2H3,(H,17,18). The highest BCUT2D eigenvalue weighted by molar-refractivity contribution is 5.95. The van der Waals surface area contributed by atoms with Crippen LogP contribution in [0.3, 0.4) is 0 Å².